The van der Waals surface area contributed by atoms with Gasteiger partial charge in [-0.15, -0.1) is 11.3 Å². The van der Waals surface area contributed by atoms with E-state index in [2.05, 4.69) is 25.5 Å². The van der Waals surface area contributed by atoms with Gasteiger partial charge in [0.1, 0.15) is 28.8 Å². The number of methoxy groups -OCH3 is 1. The number of ether oxygens (including phenoxy) is 3. The SMILES string of the molecule is CCOc1cc2[nH]ncc2cc1Nc1ncnc2sc3c(c12)CCC(OC(=O)N(C)CCOC)C3. The fraction of sp³-hybridized carbons (Fsp3) is 0.417. The molecule has 1 atom stereocenters. The fourth-order valence-electron chi connectivity index (χ4n) is 4.30. The molecule has 1 amide bonds. The number of benzene rings is 1. The molecule has 10 nitrogen and oxygen atoms in total. The lowest BCUT2D eigenvalue weighted by atomic mass is 9.94. The van der Waals surface area contributed by atoms with Gasteiger partial charge in [0.2, 0.25) is 0 Å². The van der Waals surface area contributed by atoms with Crippen molar-refractivity contribution >= 4 is 50.1 Å². The molecule has 0 saturated carbocycles. The number of thiophene rings is 1. The standard InChI is InChI=1S/C24H28N6O4S/c1-4-33-19-11-17-14(12-27-29-17)9-18(19)28-22-21-16-6-5-15(34-24(31)30(2)7-8-32-3)10-20(16)35-23(21)26-13-25-22/h9,11-13,15H,4-8,10H2,1-3H3,(H,27,29)(H,25,26,28). The van der Waals surface area contributed by atoms with E-state index in [-0.39, 0.29) is 12.2 Å². The van der Waals surface area contributed by atoms with E-state index in [1.54, 1.807) is 42.9 Å². The molecule has 0 aliphatic heterocycles. The summed E-state index contributed by atoms with van der Waals surface area (Å²) in [4.78, 5) is 25.2. The summed E-state index contributed by atoms with van der Waals surface area (Å²) in [6, 6.07) is 3.95. The van der Waals surface area contributed by atoms with E-state index >= 15 is 0 Å². The summed E-state index contributed by atoms with van der Waals surface area (Å²) in [5.74, 6) is 1.47. The van der Waals surface area contributed by atoms with E-state index in [0.29, 0.717) is 26.2 Å². The van der Waals surface area contributed by atoms with Gasteiger partial charge in [0.25, 0.3) is 0 Å². The maximum atomic E-state index is 12.4. The molecule has 11 heteroatoms. The largest absolute Gasteiger partial charge is 0.492 e. The maximum Gasteiger partial charge on any atom is 0.409 e. The predicted molar refractivity (Wildman–Crippen MR) is 135 cm³/mol. The number of H-pyrrole nitrogens is 1. The van der Waals surface area contributed by atoms with E-state index in [0.717, 1.165) is 51.2 Å². The van der Waals surface area contributed by atoms with Gasteiger partial charge < -0.3 is 24.4 Å². The van der Waals surface area contributed by atoms with Crippen molar-refractivity contribution in [3.63, 3.8) is 0 Å². The zero-order chi connectivity index (χ0) is 24.4. The molecule has 1 aliphatic carbocycles. The van der Waals surface area contributed by atoms with Crippen molar-refractivity contribution < 1.29 is 19.0 Å². The van der Waals surface area contributed by atoms with E-state index in [4.69, 9.17) is 14.2 Å². The van der Waals surface area contributed by atoms with Crippen molar-refractivity contribution in [3.8, 4) is 5.75 Å². The molecular formula is C24H28N6O4S. The summed E-state index contributed by atoms with van der Waals surface area (Å²) in [6.07, 6.45) is 5.09. The maximum absolute atomic E-state index is 12.4. The van der Waals surface area contributed by atoms with E-state index in [1.807, 2.05) is 19.1 Å². The monoisotopic (exact) mass is 496 g/mol. The van der Waals surface area contributed by atoms with E-state index in [1.165, 1.54) is 10.4 Å². The minimum atomic E-state index is -0.322. The molecule has 4 aromatic rings. The molecule has 0 saturated heterocycles. The Balaban J connectivity index is 1.40. The van der Waals surface area contributed by atoms with Crippen LogP contribution in [0.2, 0.25) is 0 Å². The van der Waals surface area contributed by atoms with Gasteiger partial charge in [-0.3, -0.25) is 5.10 Å². The molecule has 3 aromatic heterocycles. The summed E-state index contributed by atoms with van der Waals surface area (Å²) < 4.78 is 16.7. The van der Waals surface area contributed by atoms with Crippen LogP contribution in [0.5, 0.6) is 5.75 Å². The molecule has 184 valence electrons. The third-order valence-electron chi connectivity index (χ3n) is 6.10. The van der Waals surface area contributed by atoms with Gasteiger partial charge in [0.15, 0.2) is 0 Å². The van der Waals surface area contributed by atoms with Crippen LogP contribution in [0.25, 0.3) is 21.1 Å². The lowest BCUT2D eigenvalue weighted by Crippen LogP contribution is -2.35. The zero-order valence-corrected chi connectivity index (χ0v) is 20.8. The molecule has 1 aromatic carbocycles. The summed E-state index contributed by atoms with van der Waals surface area (Å²) in [5, 5.41) is 12.6. The number of aryl methyl sites for hydroxylation is 1. The number of amides is 1. The lowest BCUT2D eigenvalue weighted by Gasteiger charge is -2.25. The van der Waals surface area contributed by atoms with E-state index in [9.17, 15) is 4.79 Å². The fourth-order valence-corrected chi connectivity index (χ4v) is 5.55. The van der Waals surface area contributed by atoms with Gasteiger partial charge in [-0.25, -0.2) is 14.8 Å². The van der Waals surface area contributed by atoms with Crippen LogP contribution in [0.4, 0.5) is 16.3 Å². The molecule has 1 unspecified atom stereocenters. The highest BCUT2D eigenvalue weighted by Crippen LogP contribution is 2.41. The number of hydrogen-bond donors (Lipinski definition) is 2. The third kappa shape index (κ3) is 4.73. The topological polar surface area (TPSA) is 114 Å². The third-order valence-corrected chi connectivity index (χ3v) is 7.27. The van der Waals surface area contributed by atoms with Crippen molar-refractivity contribution in [1.29, 1.82) is 0 Å². The first-order valence-corrected chi connectivity index (χ1v) is 12.4. The highest BCUT2D eigenvalue weighted by molar-refractivity contribution is 7.19. The van der Waals surface area contributed by atoms with E-state index < -0.39 is 0 Å². The summed E-state index contributed by atoms with van der Waals surface area (Å²) in [7, 11) is 3.34. The Morgan fingerprint density at radius 1 is 1.34 bits per heavy atom. The van der Waals surface area contributed by atoms with Gasteiger partial charge in [-0.1, -0.05) is 0 Å². The second kappa shape index (κ2) is 10.0. The van der Waals surface area contributed by atoms with Crippen LogP contribution in [-0.4, -0.2) is 71.2 Å². The van der Waals surface area contributed by atoms with Crippen molar-refractivity contribution in [2.75, 3.05) is 39.2 Å². The summed E-state index contributed by atoms with van der Waals surface area (Å²) >= 11 is 1.63. The number of fused-ring (bicyclic) bond motifs is 4. The Bertz CT molecular complexity index is 1350. The second-order valence-corrected chi connectivity index (χ2v) is 9.52. The number of aromatic nitrogens is 4. The van der Waals surface area contributed by atoms with Gasteiger partial charge in [0.05, 0.1) is 36.0 Å². The summed E-state index contributed by atoms with van der Waals surface area (Å²) in [5.41, 5.74) is 2.95. The number of anilines is 2. The molecule has 2 N–H and O–H groups in total. The van der Waals surface area contributed by atoms with Crippen molar-refractivity contribution in [2.45, 2.75) is 32.3 Å². The Morgan fingerprint density at radius 2 is 2.23 bits per heavy atom. The molecule has 0 fully saturated rings. The Labute approximate surface area is 206 Å². The highest BCUT2D eigenvalue weighted by atomic mass is 32.1. The van der Waals surface area contributed by atoms with Gasteiger partial charge in [-0.2, -0.15) is 5.10 Å². The first-order chi connectivity index (χ1) is 17.1. The predicted octanol–water partition coefficient (Wildman–Crippen LogP) is 4.28. The van der Waals surface area contributed by atoms with Crippen LogP contribution in [0.1, 0.15) is 23.8 Å². The molecule has 0 spiro atoms. The Kier molecular flexibility index (Phi) is 6.69. The highest BCUT2D eigenvalue weighted by Gasteiger charge is 2.28. The molecule has 0 radical (unpaired) electrons. The molecule has 3 heterocycles. The quantitative estimate of drug-likeness (QED) is 0.371. The lowest BCUT2D eigenvalue weighted by molar-refractivity contribution is 0.0565. The van der Waals surface area contributed by atoms with Crippen molar-refractivity contribution in [3.05, 3.63) is 35.1 Å². The number of nitrogens with zero attached hydrogens (tertiary/aromatic N) is 4. The molecule has 5 rings (SSSR count). The minimum Gasteiger partial charge on any atom is -0.492 e. The number of rotatable bonds is 8. The molecular weight excluding hydrogens is 468 g/mol. The van der Waals surface area contributed by atoms with Crippen LogP contribution in [-0.2, 0) is 22.3 Å². The minimum absolute atomic E-state index is 0.162. The zero-order valence-electron chi connectivity index (χ0n) is 20.0. The van der Waals surface area contributed by atoms with Gasteiger partial charge in [-0.05, 0) is 31.4 Å². The number of carbonyl (C=O) groups is 1. The molecule has 1 aliphatic rings. The van der Waals surface area contributed by atoms with Crippen molar-refractivity contribution in [2.24, 2.45) is 0 Å². The number of likely N-dealkylation sites (N-methyl/N-ethyl adjacent to an activating group) is 1. The van der Waals surface area contributed by atoms with Crippen LogP contribution < -0.4 is 10.1 Å². The average molecular weight is 497 g/mol. The first kappa shape index (κ1) is 23.3. The number of carbonyl (C=O) groups excluding carboxylic acids is 1. The normalized spacial score (nSPS) is 15.2. The van der Waals surface area contributed by atoms with Crippen LogP contribution in [0.15, 0.2) is 24.7 Å². The number of aromatic amines is 1. The Morgan fingerprint density at radius 3 is 3.06 bits per heavy atom. The molecule has 0 bridgehead atoms. The van der Waals surface area contributed by atoms with Crippen LogP contribution in [0.3, 0.4) is 0 Å². The van der Waals surface area contributed by atoms with Crippen LogP contribution in [0, 0.1) is 0 Å². The Hall–Kier alpha value is -3.44. The number of nitrogens with one attached hydrogen (secondary N) is 2. The van der Waals surface area contributed by atoms with Crippen molar-refractivity contribution in [1.82, 2.24) is 25.1 Å². The molecule has 35 heavy (non-hydrogen) atoms. The van der Waals surface area contributed by atoms with Gasteiger partial charge in [0, 0.05) is 43.5 Å². The summed E-state index contributed by atoms with van der Waals surface area (Å²) in [6.45, 7) is 3.47. The first-order valence-electron chi connectivity index (χ1n) is 11.6. The van der Waals surface area contributed by atoms with Gasteiger partial charge >= 0.3 is 6.09 Å². The second-order valence-electron chi connectivity index (χ2n) is 8.43. The number of hydrogen-bond acceptors (Lipinski definition) is 9. The average Bonchev–Trinajstić information content (AvgIpc) is 3.46. The van der Waals surface area contributed by atoms with Crippen LogP contribution >= 0.6 is 11.3 Å². The smallest absolute Gasteiger partial charge is 0.409 e.